The van der Waals surface area contributed by atoms with Crippen LogP contribution in [0.1, 0.15) is 44.1 Å². The molecule has 21 heavy (non-hydrogen) atoms. The number of aryl methyl sites for hydroxylation is 3. The monoisotopic (exact) mass is 290 g/mol. The van der Waals surface area contributed by atoms with Gasteiger partial charge >= 0.3 is 0 Å². The smallest absolute Gasteiger partial charge is 0.220 e. The summed E-state index contributed by atoms with van der Waals surface area (Å²) < 4.78 is 3.58. The fourth-order valence-electron chi connectivity index (χ4n) is 2.23. The van der Waals surface area contributed by atoms with E-state index >= 15 is 0 Å². The first-order valence-electron chi connectivity index (χ1n) is 7.24. The highest BCUT2D eigenvalue weighted by molar-refractivity contribution is 5.76. The molecule has 114 valence electrons. The van der Waals surface area contributed by atoms with Crippen molar-refractivity contribution in [3.8, 4) is 0 Å². The number of carbonyl (C=O) groups excluding carboxylic acids is 1. The lowest BCUT2D eigenvalue weighted by Crippen LogP contribution is -2.29. The van der Waals surface area contributed by atoms with Gasteiger partial charge in [0.2, 0.25) is 5.91 Å². The molecule has 0 aliphatic rings. The molecule has 7 heteroatoms. The van der Waals surface area contributed by atoms with Gasteiger partial charge < -0.3 is 5.32 Å². The predicted octanol–water partition coefficient (Wildman–Crippen LogP) is 1.23. The van der Waals surface area contributed by atoms with Crippen LogP contribution in [0.3, 0.4) is 0 Å². The highest BCUT2D eigenvalue weighted by Crippen LogP contribution is 2.10. The lowest BCUT2D eigenvalue weighted by Gasteiger charge is -2.14. The highest BCUT2D eigenvalue weighted by atomic mass is 16.1. The SMILES string of the molecule is CCCn1ncnc1C(C)NC(=O)CCc1cnn(C)c1. The molecule has 2 heterocycles. The minimum atomic E-state index is -0.138. The average molecular weight is 290 g/mol. The summed E-state index contributed by atoms with van der Waals surface area (Å²) in [6, 6.07) is -0.138. The summed E-state index contributed by atoms with van der Waals surface area (Å²) in [5.74, 6) is 0.809. The maximum absolute atomic E-state index is 12.0. The molecule has 2 aromatic heterocycles. The maximum atomic E-state index is 12.0. The minimum Gasteiger partial charge on any atom is -0.346 e. The van der Waals surface area contributed by atoms with Gasteiger partial charge in [-0.3, -0.25) is 9.48 Å². The summed E-state index contributed by atoms with van der Waals surface area (Å²) in [4.78, 5) is 16.2. The molecule has 0 aromatic carbocycles. The number of hydrogen-bond donors (Lipinski definition) is 1. The van der Waals surface area contributed by atoms with E-state index in [0.29, 0.717) is 12.8 Å². The number of hydrogen-bond acceptors (Lipinski definition) is 4. The third kappa shape index (κ3) is 4.14. The second-order valence-corrected chi connectivity index (χ2v) is 5.15. The van der Waals surface area contributed by atoms with Crippen LogP contribution in [0.4, 0.5) is 0 Å². The zero-order valence-electron chi connectivity index (χ0n) is 12.8. The first-order valence-corrected chi connectivity index (χ1v) is 7.24. The molecule has 0 saturated heterocycles. The van der Waals surface area contributed by atoms with E-state index < -0.39 is 0 Å². The van der Waals surface area contributed by atoms with Crippen molar-refractivity contribution in [3.63, 3.8) is 0 Å². The normalized spacial score (nSPS) is 12.3. The molecule has 0 bridgehead atoms. The molecule has 2 aromatic rings. The van der Waals surface area contributed by atoms with Gasteiger partial charge in [-0.05, 0) is 25.3 Å². The molecule has 0 saturated carbocycles. The van der Waals surface area contributed by atoms with E-state index in [1.807, 2.05) is 24.9 Å². The fraction of sp³-hybridized carbons (Fsp3) is 0.571. The van der Waals surface area contributed by atoms with E-state index in [1.165, 1.54) is 6.33 Å². The molecule has 1 N–H and O–H groups in total. The van der Waals surface area contributed by atoms with Gasteiger partial charge in [-0.1, -0.05) is 6.92 Å². The van der Waals surface area contributed by atoms with Crippen molar-refractivity contribution in [3.05, 3.63) is 30.1 Å². The van der Waals surface area contributed by atoms with E-state index in [9.17, 15) is 4.79 Å². The second kappa shape index (κ2) is 7.01. The first kappa shape index (κ1) is 15.2. The van der Waals surface area contributed by atoms with Crippen molar-refractivity contribution in [1.82, 2.24) is 29.9 Å². The molecule has 0 fully saturated rings. The zero-order chi connectivity index (χ0) is 15.2. The molecule has 1 atom stereocenters. The Kier molecular flexibility index (Phi) is 5.08. The first-order chi connectivity index (χ1) is 10.1. The second-order valence-electron chi connectivity index (χ2n) is 5.15. The van der Waals surface area contributed by atoms with Crippen LogP contribution in [0.5, 0.6) is 0 Å². The molecule has 0 aliphatic carbocycles. The third-order valence-electron chi connectivity index (χ3n) is 3.24. The Balaban J connectivity index is 1.85. The van der Waals surface area contributed by atoms with Crippen molar-refractivity contribution < 1.29 is 4.79 Å². The summed E-state index contributed by atoms with van der Waals surface area (Å²) in [6.07, 6.45) is 7.36. The van der Waals surface area contributed by atoms with Crippen molar-refractivity contribution >= 4 is 5.91 Å². The average Bonchev–Trinajstić information content (AvgIpc) is 3.06. The Hall–Kier alpha value is -2.18. The van der Waals surface area contributed by atoms with Gasteiger partial charge in [0.25, 0.3) is 0 Å². The summed E-state index contributed by atoms with van der Waals surface area (Å²) in [6.45, 7) is 4.83. The largest absolute Gasteiger partial charge is 0.346 e. The van der Waals surface area contributed by atoms with Gasteiger partial charge in [0, 0.05) is 26.2 Å². The van der Waals surface area contributed by atoms with Crippen molar-refractivity contribution in [2.45, 2.75) is 45.7 Å². The molecule has 0 aliphatic heterocycles. The van der Waals surface area contributed by atoms with Crippen molar-refractivity contribution in [2.24, 2.45) is 7.05 Å². The molecule has 1 unspecified atom stereocenters. The zero-order valence-corrected chi connectivity index (χ0v) is 12.8. The number of amides is 1. The quantitative estimate of drug-likeness (QED) is 0.832. The Morgan fingerprint density at radius 2 is 2.24 bits per heavy atom. The van der Waals surface area contributed by atoms with Crippen LogP contribution in [0, 0.1) is 0 Å². The van der Waals surface area contributed by atoms with Gasteiger partial charge in [-0.25, -0.2) is 9.67 Å². The van der Waals surface area contributed by atoms with Gasteiger partial charge in [-0.15, -0.1) is 0 Å². The molecule has 0 spiro atoms. The Labute approximate surface area is 124 Å². The van der Waals surface area contributed by atoms with Crippen LogP contribution < -0.4 is 5.32 Å². The minimum absolute atomic E-state index is 0.0115. The predicted molar refractivity (Wildman–Crippen MR) is 78.4 cm³/mol. The molecule has 0 radical (unpaired) electrons. The molecular weight excluding hydrogens is 268 g/mol. The van der Waals surface area contributed by atoms with Gasteiger partial charge in [0.15, 0.2) is 0 Å². The summed E-state index contributed by atoms with van der Waals surface area (Å²) in [5, 5.41) is 11.2. The maximum Gasteiger partial charge on any atom is 0.220 e. The van der Waals surface area contributed by atoms with Gasteiger partial charge in [-0.2, -0.15) is 10.2 Å². The van der Waals surface area contributed by atoms with Crippen molar-refractivity contribution in [2.75, 3.05) is 0 Å². The Morgan fingerprint density at radius 3 is 2.90 bits per heavy atom. The molecule has 7 nitrogen and oxygen atoms in total. The number of carbonyl (C=O) groups is 1. The van der Waals surface area contributed by atoms with E-state index in [0.717, 1.165) is 24.4 Å². The molecular formula is C14H22N6O. The lowest BCUT2D eigenvalue weighted by molar-refractivity contribution is -0.121. The topological polar surface area (TPSA) is 77.6 Å². The van der Waals surface area contributed by atoms with E-state index in [4.69, 9.17) is 0 Å². The number of nitrogens with one attached hydrogen (secondary N) is 1. The van der Waals surface area contributed by atoms with Crippen LogP contribution in [0.2, 0.25) is 0 Å². The summed E-state index contributed by atoms with van der Waals surface area (Å²) in [5.41, 5.74) is 1.06. The lowest BCUT2D eigenvalue weighted by atomic mass is 10.2. The number of rotatable bonds is 7. The third-order valence-corrected chi connectivity index (χ3v) is 3.24. The van der Waals surface area contributed by atoms with Crippen molar-refractivity contribution in [1.29, 1.82) is 0 Å². The fourth-order valence-corrected chi connectivity index (χ4v) is 2.23. The van der Waals surface area contributed by atoms with Crippen LogP contribution in [-0.4, -0.2) is 30.5 Å². The van der Waals surface area contributed by atoms with Crippen LogP contribution >= 0.6 is 0 Å². The van der Waals surface area contributed by atoms with E-state index in [-0.39, 0.29) is 11.9 Å². The number of aromatic nitrogens is 5. The van der Waals surface area contributed by atoms with E-state index in [1.54, 1.807) is 10.9 Å². The summed E-state index contributed by atoms with van der Waals surface area (Å²) in [7, 11) is 1.87. The number of nitrogens with zero attached hydrogens (tertiary/aromatic N) is 5. The molecule has 1 amide bonds. The van der Waals surface area contributed by atoms with Crippen LogP contribution in [0.25, 0.3) is 0 Å². The summed E-state index contributed by atoms with van der Waals surface area (Å²) >= 11 is 0. The van der Waals surface area contributed by atoms with Crippen LogP contribution in [-0.2, 0) is 24.8 Å². The highest BCUT2D eigenvalue weighted by Gasteiger charge is 2.15. The standard InChI is InChI=1S/C14H22N6O/c1-4-7-20-14(15-10-17-20)11(2)18-13(21)6-5-12-8-16-19(3)9-12/h8-11H,4-7H2,1-3H3,(H,18,21). The van der Waals surface area contributed by atoms with E-state index in [2.05, 4.69) is 27.4 Å². The molecule has 2 rings (SSSR count). The Morgan fingerprint density at radius 1 is 1.43 bits per heavy atom. The van der Waals surface area contributed by atoms with Gasteiger partial charge in [0.05, 0.1) is 12.2 Å². The Bertz CT molecular complexity index is 588. The van der Waals surface area contributed by atoms with Crippen LogP contribution in [0.15, 0.2) is 18.7 Å². The van der Waals surface area contributed by atoms with Gasteiger partial charge in [0.1, 0.15) is 12.2 Å².